The number of nitrogens with zero attached hydrogens (tertiary/aromatic N) is 2. The van der Waals surface area contributed by atoms with Crippen molar-refractivity contribution in [3.8, 4) is 17.6 Å². The van der Waals surface area contributed by atoms with Crippen LogP contribution in [0.3, 0.4) is 0 Å². The molecule has 1 amide bonds. The second-order valence-electron chi connectivity index (χ2n) is 10.9. The minimum absolute atomic E-state index is 0.0396. The van der Waals surface area contributed by atoms with Crippen LogP contribution in [0.1, 0.15) is 54.1 Å². The predicted molar refractivity (Wildman–Crippen MR) is 144 cm³/mol. The minimum atomic E-state index is -2.66. The molecule has 1 aromatic carbocycles. The van der Waals surface area contributed by atoms with Crippen molar-refractivity contribution in [1.29, 1.82) is 0 Å². The number of aromatic hydroxyl groups is 1. The molecule has 6 N–H and O–H groups in total. The first kappa shape index (κ1) is 28.2. The number of likely N-dealkylation sites (N-methyl/N-ethyl adjacent to an activating group) is 1. The van der Waals surface area contributed by atoms with Gasteiger partial charge in [-0.2, -0.15) is 0 Å². The first-order valence-corrected chi connectivity index (χ1v) is 13.0. The van der Waals surface area contributed by atoms with Gasteiger partial charge in [0.05, 0.1) is 17.2 Å². The molecule has 4 atom stereocenters. The van der Waals surface area contributed by atoms with E-state index >= 15 is 0 Å². The highest BCUT2D eigenvalue weighted by Crippen LogP contribution is 2.53. The average molecular weight is 538 g/mol. The number of hydrogen-bond donors (Lipinski definition) is 5. The fraction of sp³-hybridized carbons (Fsp3) is 0.483. The van der Waals surface area contributed by atoms with Crippen molar-refractivity contribution < 1.29 is 34.8 Å². The van der Waals surface area contributed by atoms with E-state index in [0.29, 0.717) is 17.7 Å². The summed E-state index contributed by atoms with van der Waals surface area (Å²) >= 11 is 0. The zero-order chi connectivity index (χ0) is 29.0. The number of amides is 1. The van der Waals surface area contributed by atoms with Gasteiger partial charge in [0.15, 0.2) is 11.4 Å². The van der Waals surface area contributed by atoms with Crippen LogP contribution in [0.4, 0.5) is 5.69 Å². The average Bonchev–Trinajstić information content (AvgIpc) is 2.84. The van der Waals surface area contributed by atoms with Gasteiger partial charge in [-0.1, -0.05) is 25.2 Å². The molecule has 1 aromatic rings. The third kappa shape index (κ3) is 4.17. The zero-order valence-corrected chi connectivity index (χ0v) is 22.8. The Hall–Kier alpha value is -3.81. The van der Waals surface area contributed by atoms with Gasteiger partial charge in [0.1, 0.15) is 22.8 Å². The molecule has 0 saturated heterocycles. The topological polar surface area (TPSA) is 165 Å². The Balaban J connectivity index is 1.94. The number of aliphatic hydroxyl groups excluding tert-OH is 2. The Labute approximate surface area is 227 Å². The van der Waals surface area contributed by atoms with E-state index in [2.05, 4.69) is 11.8 Å². The van der Waals surface area contributed by atoms with E-state index in [1.54, 1.807) is 20.2 Å². The molecular weight excluding hydrogens is 502 g/mol. The van der Waals surface area contributed by atoms with Gasteiger partial charge in [0, 0.05) is 37.7 Å². The summed E-state index contributed by atoms with van der Waals surface area (Å²) in [6, 6.07) is 0.701. The first-order valence-electron chi connectivity index (χ1n) is 13.0. The van der Waals surface area contributed by atoms with Gasteiger partial charge < -0.3 is 31.1 Å². The van der Waals surface area contributed by atoms with E-state index in [0.717, 1.165) is 12.8 Å². The molecule has 0 heterocycles. The van der Waals surface area contributed by atoms with Crippen molar-refractivity contribution >= 4 is 23.2 Å². The number of rotatable bonds is 5. The SMILES string of the molecule is CCCCC#Cc1cc(N(C)C)c2c(c1O)C(=O)C1=C(O)[C@]3(O)C(=O)C(C(N)=O)=C(O)[C@@H](N(C)C)[C@@H]3C[C@@H]1C2. The van der Waals surface area contributed by atoms with Crippen LogP contribution in [0, 0.1) is 23.7 Å². The number of unbranched alkanes of at least 4 members (excludes halogenated alkanes) is 2. The van der Waals surface area contributed by atoms with Crippen LogP contribution in [0.5, 0.6) is 5.75 Å². The lowest BCUT2D eigenvalue weighted by Gasteiger charge is -2.50. The molecule has 208 valence electrons. The third-order valence-electron chi connectivity index (χ3n) is 8.06. The summed E-state index contributed by atoms with van der Waals surface area (Å²) in [5.74, 6) is -0.768. The number of benzene rings is 1. The Morgan fingerprint density at radius 1 is 1.18 bits per heavy atom. The second kappa shape index (κ2) is 10.1. The number of phenolic OH excluding ortho intramolecular Hbond substituents is 1. The van der Waals surface area contributed by atoms with Gasteiger partial charge in [-0.15, -0.1) is 0 Å². The quantitative estimate of drug-likeness (QED) is 0.214. The highest BCUT2D eigenvalue weighted by molar-refractivity contribution is 6.25. The van der Waals surface area contributed by atoms with E-state index in [-0.39, 0.29) is 35.3 Å². The molecular formula is C29H35N3O7. The number of nitrogens with two attached hydrogens (primary N) is 1. The van der Waals surface area contributed by atoms with Gasteiger partial charge in [0.2, 0.25) is 5.78 Å². The largest absolute Gasteiger partial charge is 0.510 e. The summed E-state index contributed by atoms with van der Waals surface area (Å²) in [5.41, 5.74) is 3.16. The number of hydrogen-bond acceptors (Lipinski definition) is 9. The Morgan fingerprint density at radius 3 is 2.41 bits per heavy atom. The Kier molecular flexibility index (Phi) is 7.27. The molecule has 10 nitrogen and oxygen atoms in total. The summed E-state index contributed by atoms with van der Waals surface area (Å²) < 4.78 is 0. The summed E-state index contributed by atoms with van der Waals surface area (Å²) in [5, 5.41) is 45.2. The van der Waals surface area contributed by atoms with Crippen molar-refractivity contribution in [3.05, 3.63) is 45.4 Å². The fourth-order valence-electron chi connectivity index (χ4n) is 6.22. The molecule has 0 radical (unpaired) electrons. The molecule has 4 rings (SSSR count). The second-order valence-corrected chi connectivity index (χ2v) is 10.9. The fourth-order valence-corrected chi connectivity index (χ4v) is 6.22. The normalized spacial score (nSPS) is 26.1. The maximum Gasteiger partial charge on any atom is 0.255 e. The molecule has 0 aliphatic heterocycles. The minimum Gasteiger partial charge on any atom is -0.510 e. The zero-order valence-electron chi connectivity index (χ0n) is 22.8. The number of carbonyl (C=O) groups is 3. The third-order valence-corrected chi connectivity index (χ3v) is 8.06. The lowest BCUT2D eigenvalue weighted by Crippen LogP contribution is -2.63. The Morgan fingerprint density at radius 2 is 1.85 bits per heavy atom. The van der Waals surface area contributed by atoms with Crippen molar-refractivity contribution in [1.82, 2.24) is 4.90 Å². The van der Waals surface area contributed by atoms with E-state index in [4.69, 9.17) is 5.73 Å². The van der Waals surface area contributed by atoms with Gasteiger partial charge in [-0.3, -0.25) is 19.3 Å². The van der Waals surface area contributed by atoms with Gasteiger partial charge in [-0.05, 0) is 50.9 Å². The highest BCUT2D eigenvalue weighted by atomic mass is 16.3. The van der Waals surface area contributed by atoms with Crippen molar-refractivity contribution in [2.45, 2.75) is 50.7 Å². The van der Waals surface area contributed by atoms with Crippen molar-refractivity contribution in [2.24, 2.45) is 17.6 Å². The number of anilines is 1. The van der Waals surface area contributed by atoms with E-state index in [1.807, 2.05) is 25.9 Å². The molecule has 0 aromatic heterocycles. The summed E-state index contributed by atoms with van der Waals surface area (Å²) in [7, 11) is 6.81. The van der Waals surface area contributed by atoms with Crippen LogP contribution in [0.2, 0.25) is 0 Å². The number of allylic oxidation sites excluding steroid dienone is 1. The number of ketones is 2. The van der Waals surface area contributed by atoms with Crippen LogP contribution in [-0.2, 0) is 16.0 Å². The van der Waals surface area contributed by atoms with Crippen molar-refractivity contribution in [3.63, 3.8) is 0 Å². The summed E-state index contributed by atoms with van der Waals surface area (Å²) in [6.45, 7) is 2.04. The molecule has 3 aliphatic rings. The summed E-state index contributed by atoms with van der Waals surface area (Å²) in [6.07, 6.45) is 2.73. The van der Waals surface area contributed by atoms with E-state index < -0.39 is 58.0 Å². The molecule has 3 aliphatic carbocycles. The number of aliphatic hydroxyl groups is 3. The first-order chi connectivity index (χ1) is 18.3. The Bertz CT molecular complexity index is 1400. The van der Waals surface area contributed by atoms with Crippen LogP contribution in [0.25, 0.3) is 0 Å². The number of phenols is 1. The lowest BCUT2D eigenvalue weighted by molar-refractivity contribution is -0.148. The maximum absolute atomic E-state index is 14.0. The van der Waals surface area contributed by atoms with Gasteiger partial charge >= 0.3 is 0 Å². The van der Waals surface area contributed by atoms with Crippen LogP contribution in [0.15, 0.2) is 28.7 Å². The molecule has 10 heteroatoms. The molecule has 0 bridgehead atoms. The van der Waals surface area contributed by atoms with Crippen LogP contribution in [-0.4, -0.2) is 82.6 Å². The van der Waals surface area contributed by atoms with Crippen molar-refractivity contribution in [2.75, 3.05) is 33.1 Å². The monoisotopic (exact) mass is 537 g/mol. The smallest absolute Gasteiger partial charge is 0.255 e. The van der Waals surface area contributed by atoms with E-state index in [9.17, 15) is 34.8 Å². The standard InChI is InChI=1S/C29H35N3O7/c1-6-7-8-9-10-14-13-18(31(2)3)16-11-15-12-17-22(32(4)5)25(35)21(28(30)38)27(37)29(17,39)26(36)19(15)24(34)20(16)23(14)33/h13,15,17,22,33,35-36,39H,6-8,11-12H2,1-5H3,(H2,30,38)/t15-,17-,22-,29-/m0/s1. The van der Waals surface area contributed by atoms with E-state index in [1.165, 1.54) is 4.90 Å². The number of Topliss-reactive ketones (excluding diaryl/α,β-unsaturated/α-hetero) is 2. The lowest BCUT2D eigenvalue weighted by atomic mass is 9.58. The highest BCUT2D eigenvalue weighted by Gasteiger charge is 2.63. The molecule has 0 fully saturated rings. The molecule has 39 heavy (non-hydrogen) atoms. The molecule has 0 saturated carbocycles. The molecule has 0 unspecified atom stereocenters. The van der Waals surface area contributed by atoms with Crippen LogP contribution < -0.4 is 10.6 Å². The number of primary amides is 1. The van der Waals surface area contributed by atoms with Gasteiger partial charge in [0.25, 0.3) is 5.91 Å². The maximum atomic E-state index is 14.0. The summed E-state index contributed by atoms with van der Waals surface area (Å²) in [4.78, 5) is 42.9. The molecule has 0 spiro atoms. The van der Waals surface area contributed by atoms with Crippen LogP contribution >= 0.6 is 0 Å². The van der Waals surface area contributed by atoms with Gasteiger partial charge in [-0.25, -0.2) is 0 Å². The number of fused-ring (bicyclic) bond motifs is 3. The predicted octanol–water partition coefficient (Wildman–Crippen LogP) is 1.73. The number of carbonyl (C=O) groups excluding carboxylic acids is 3.